The fraction of sp³-hybridized carbons (Fsp3) is 0. The molecule has 0 saturated carbocycles. The molecule has 0 fully saturated rings. The van der Waals surface area contributed by atoms with E-state index in [-0.39, 0.29) is 0 Å². The summed E-state index contributed by atoms with van der Waals surface area (Å²) < 4.78 is 24.7. The van der Waals surface area contributed by atoms with Gasteiger partial charge in [0, 0.05) is 103 Å². The van der Waals surface area contributed by atoms with Crippen molar-refractivity contribution >= 4 is 140 Å². The van der Waals surface area contributed by atoms with E-state index in [0.29, 0.717) is 34.9 Å². The van der Waals surface area contributed by atoms with Crippen molar-refractivity contribution in [1.29, 1.82) is 0 Å². The van der Waals surface area contributed by atoms with Crippen molar-refractivity contribution in [2.24, 2.45) is 0 Å². The summed E-state index contributed by atoms with van der Waals surface area (Å²) in [6.07, 6.45) is 0. The minimum Gasteiger partial charge on any atom is -0.455 e. The summed E-state index contributed by atoms with van der Waals surface area (Å²) in [6, 6.07) is 108. The summed E-state index contributed by atoms with van der Waals surface area (Å²) in [4.78, 5) is 40.6. The largest absolute Gasteiger partial charge is 0.455 e. The summed E-state index contributed by atoms with van der Waals surface area (Å²) in [5.74, 6) is 3.54. The molecule has 0 saturated heterocycles. The fourth-order valence-corrected chi connectivity index (χ4v) is 17.7. The lowest BCUT2D eigenvalue weighted by atomic mass is 9.99. The van der Waals surface area contributed by atoms with Crippen molar-refractivity contribution in [2.45, 2.75) is 0 Å². The van der Waals surface area contributed by atoms with E-state index >= 15 is 0 Å². The van der Waals surface area contributed by atoms with Gasteiger partial charge in [0.05, 0.1) is 26.0 Å². The van der Waals surface area contributed by atoms with Gasteiger partial charge >= 0.3 is 0 Å². The van der Waals surface area contributed by atoms with Crippen LogP contribution in [-0.2, 0) is 0 Å². The third-order valence-electron chi connectivity index (χ3n) is 19.6. The average Bonchev–Trinajstić information content (AvgIpc) is 1.57. The Bertz CT molecular complexity index is 7170. The van der Waals surface area contributed by atoms with Gasteiger partial charge in [0.1, 0.15) is 43.5 Å². The lowest BCUT2D eigenvalue weighted by molar-refractivity contribution is 0.669. The van der Waals surface area contributed by atoms with Crippen LogP contribution in [0.3, 0.4) is 0 Å². The molecular formula is C92H52N8O3S3. The van der Waals surface area contributed by atoms with Crippen LogP contribution in [0.5, 0.6) is 0 Å². The maximum atomic E-state index is 6.72. The van der Waals surface area contributed by atoms with Crippen molar-refractivity contribution in [1.82, 2.24) is 39.9 Å². The number of rotatable bonds is 10. The molecule has 0 aliphatic carbocycles. The third-order valence-corrected chi connectivity index (χ3v) is 22.9. The number of furan rings is 3. The molecule has 14 aromatic carbocycles. The van der Waals surface area contributed by atoms with Gasteiger partial charge in [-0.1, -0.05) is 249 Å². The summed E-state index contributed by atoms with van der Waals surface area (Å²) >= 11 is 5.20. The Morgan fingerprint density at radius 3 is 1.18 bits per heavy atom. The van der Waals surface area contributed by atoms with E-state index in [1.807, 2.05) is 127 Å². The molecule has 8 heterocycles. The van der Waals surface area contributed by atoms with Crippen LogP contribution >= 0.6 is 34.0 Å². The van der Waals surface area contributed by atoms with Gasteiger partial charge < -0.3 is 13.3 Å². The maximum absolute atomic E-state index is 6.72. The van der Waals surface area contributed by atoms with E-state index in [9.17, 15) is 0 Å². The number of nitrogens with zero attached hydrogens (tertiary/aromatic N) is 8. The molecule has 0 radical (unpaired) electrons. The summed E-state index contributed by atoms with van der Waals surface area (Å²) in [5, 5.41) is 10.4. The zero-order chi connectivity index (χ0) is 69.8. The average molecular weight is 1410 g/mol. The zero-order valence-corrected chi connectivity index (χ0v) is 58.5. The molecule has 11 nitrogen and oxygen atoms in total. The topological polar surface area (TPSA) is 143 Å². The summed E-state index contributed by atoms with van der Waals surface area (Å²) in [5.41, 5.74) is 18.5. The number of hydrogen-bond acceptors (Lipinski definition) is 14. The van der Waals surface area contributed by atoms with Crippen molar-refractivity contribution in [3.63, 3.8) is 0 Å². The number of hydrogen-bond donors (Lipinski definition) is 0. The van der Waals surface area contributed by atoms with E-state index < -0.39 is 0 Å². The molecule has 0 unspecified atom stereocenters. The molecule has 0 atom stereocenters. The summed E-state index contributed by atoms with van der Waals surface area (Å²) in [6.45, 7) is 0. The van der Waals surface area contributed by atoms with Crippen LogP contribution in [0, 0.1) is 0 Å². The Morgan fingerprint density at radius 2 is 0.575 bits per heavy atom. The van der Waals surface area contributed by atoms with Gasteiger partial charge in [-0.3, -0.25) is 0 Å². The lowest BCUT2D eigenvalue weighted by Crippen LogP contribution is -2.00. The Hall–Kier alpha value is -13.5. The van der Waals surface area contributed by atoms with E-state index in [4.69, 9.17) is 53.1 Å². The second kappa shape index (κ2) is 25.2. The molecule has 22 rings (SSSR count). The molecule has 0 amide bonds. The van der Waals surface area contributed by atoms with Crippen molar-refractivity contribution in [2.75, 3.05) is 0 Å². The second-order valence-corrected chi connectivity index (χ2v) is 29.1. The third kappa shape index (κ3) is 10.5. The fourth-order valence-electron chi connectivity index (χ4n) is 14.7. The van der Waals surface area contributed by atoms with Crippen LogP contribution in [0.4, 0.5) is 0 Å². The van der Waals surface area contributed by atoms with Crippen LogP contribution in [0.15, 0.2) is 329 Å². The second-order valence-electron chi connectivity index (χ2n) is 26.0. The van der Waals surface area contributed by atoms with E-state index in [0.717, 1.165) is 159 Å². The first-order valence-corrected chi connectivity index (χ1v) is 37.2. The van der Waals surface area contributed by atoms with Gasteiger partial charge in [0.25, 0.3) is 0 Å². The molecule has 0 spiro atoms. The number of thiophene rings is 1. The lowest BCUT2D eigenvalue weighted by Gasteiger charge is -2.10. The SMILES string of the molecule is c1ccc(-c2nc(-c3cccc4c3oc3ccccc34)nc(-c3cccc4oc5c(-c6cccc(-c7nc8ccccc8s7)c6)cccc5c34)n2)cc1.c1ccc(-c2nc(-c3cccc4oc5c(-c6ccc(-c7nc8ccccc8s7)cc6)cccc5c34)nc(-c3cccc4sc5ccccc5c34)n2)cc1. The smallest absolute Gasteiger partial charge is 0.167 e. The highest BCUT2D eigenvalue weighted by molar-refractivity contribution is 7.26. The minimum atomic E-state index is 0.538. The highest BCUT2D eigenvalue weighted by atomic mass is 32.1. The Labute approximate surface area is 616 Å². The van der Waals surface area contributed by atoms with E-state index in [2.05, 4.69) is 188 Å². The highest BCUT2D eigenvalue weighted by Crippen LogP contribution is 2.46. The maximum Gasteiger partial charge on any atom is 0.167 e. The van der Waals surface area contributed by atoms with Gasteiger partial charge in [-0.15, -0.1) is 34.0 Å². The van der Waals surface area contributed by atoms with Crippen LogP contribution in [0.1, 0.15) is 0 Å². The number of para-hydroxylation sites is 6. The predicted molar refractivity (Wildman–Crippen MR) is 435 cm³/mol. The Morgan fingerprint density at radius 1 is 0.198 bits per heavy atom. The molecule has 0 aliphatic rings. The Kier molecular flexibility index (Phi) is 14.5. The number of aromatic nitrogens is 8. The van der Waals surface area contributed by atoms with Crippen molar-refractivity contribution in [3.8, 4) is 112 Å². The first-order chi connectivity index (χ1) is 52.5. The zero-order valence-electron chi connectivity index (χ0n) is 56.0. The molecule has 0 N–H and O–H groups in total. The molecule has 14 heteroatoms. The molecule has 106 heavy (non-hydrogen) atoms. The minimum absolute atomic E-state index is 0.538. The number of thiazole rings is 2. The number of fused-ring (bicyclic) bond motifs is 14. The van der Waals surface area contributed by atoms with Crippen molar-refractivity contribution < 1.29 is 13.3 Å². The highest BCUT2D eigenvalue weighted by Gasteiger charge is 2.25. The standard InChI is InChI=1S/C46H26N4O2S.C46H26N4OS2/c1-2-12-27(13-3-1)43-48-44(50-45(49-43)35-21-10-18-32-31-16-4-6-23-37(31)51-42(32)35)34-20-11-24-38-40(34)33-19-9-17-30(41(33)52-38)28-14-8-15-29(26-28)46-47-36-22-5-7-25-39(36)53-46;1-2-11-28(12-3-1)43-48-44(50-45(49-43)34-17-10-22-39-41(34)31-13-4-6-20-37(31)52-39)33-16-9-19-36-40(33)32-15-8-14-30(42(32)51-36)27-23-25-29(26-24-27)46-47-35-18-5-7-21-38(35)53-46/h2*1-26H. The molecule has 496 valence electrons. The van der Waals surface area contributed by atoms with E-state index in [1.165, 1.54) is 24.2 Å². The van der Waals surface area contributed by atoms with Crippen LogP contribution < -0.4 is 0 Å². The van der Waals surface area contributed by atoms with E-state index in [1.54, 1.807) is 34.0 Å². The Balaban J connectivity index is 0.000000136. The summed E-state index contributed by atoms with van der Waals surface area (Å²) in [7, 11) is 0. The quantitative estimate of drug-likeness (QED) is 0.129. The van der Waals surface area contributed by atoms with Crippen LogP contribution in [0.2, 0.25) is 0 Å². The van der Waals surface area contributed by atoms with Gasteiger partial charge in [-0.25, -0.2) is 39.9 Å². The van der Waals surface area contributed by atoms with Gasteiger partial charge in [-0.2, -0.15) is 0 Å². The van der Waals surface area contributed by atoms with Gasteiger partial charge in [0.15, 0.2) is 34.9 Å². The van der Waals surface area contributed by atoms with Crippen LogP contribution in [-0.4, -0.2) is 39.9 Å². The predicted octanol–water partition coefficient (Wildman–Crippen LogP) is 25.7. The van der Waals surface area contributed by atoms with Gasteiger partial charge in [0.2, 0.25) is 0 Å². The first-order valence-electron chi connectivity index (χ1n) is 34.8. The molecular weight excluding hydrogens is 1360 g/mol. The molecule has 0 bridgehead atoms. The normalized spacial score (nSPS) is 11.8. The van der Waals surface area contributed by atoms with Crippen molar-refractivity contribution in [3.05, 3.63) is 315 Å². The monoisotopic (exact) mass is 1410 g/mol. The first kappa shape index (κ1) is 61.2. The molecule has 22 aromatic rings. The van der Waals surface area contributed by atoms with Crippen LogP contribution in [0.25, 0.3) is 218 Å². The molecule has 8 aromatic heterocycles. The number of benzene rings is 14. The molecule has 0 aliphatic heterocycles. The van der Waals surface area contributed by atoms with Gasteiger partial charge in [-0.05, 0) is 77.9 Å².